The molecule has 0 spiro atoms. The normalized spacial score (nSPS) is 10.6. The molecule has 13 heavy (non-hydrogen) atoms. The molecular weight excluding hydrogens is 240 g/mol. The zero-order valence-electron chi connectivity index (χ0n) is 7.88. The Hall–Kier alpha value is 0.266. The van der Waals surface area contributed by atoms with Crippen molar-refractivity contribution in [1.82, 2.24) is 0 Å². The molecule has 1 nitrogen and oxygen atoms in total. The molecule has 1 aliphatic rings. The molecule has 0 amide bonds. The van der Waals surface area contributed by atoms with Gasteiger partial charge >= 0.3 is 23.1 Å². The van der Waals surface area contributed by atoms with Crippen LogP contribution < -0.4 is 4.74 Å². The van der Waals surface area contributed by atoms with Gasteiger partial charge in [0.15, 0.2) is 0 Å². The fraction of sp³-hybridized carbons (Fsp3) is 0.300. The molecule has 0 N–H and O–H groups in total. The van der Waals surface area contributed by atoms with Crippen LogP contribution in [0.3, 0.4) is 0 Å². The second-order valence-corrected chi connectivity index (χ2v) is 2.13. The molecular formula is C10H13BrMgO. The summed E-state index contributed by atoms with van der Waals surface area (Å²) in [6.45, 7) is 5.84. The van der Waals surface area contributed by atoms with E-state index in [1.165, 1.54) is 5.56 Å². The van der Waals surface area contributed by atoms with Gasteiger partial charge in [0.1, 0.15) is 0 Å². The molecule has 0 fully saturated rings. The van der Waals surface area contributed by atoms with Crippen molar-refractivity contribution in [2.45, 2.75) is 13.3 Å². The van der Waals surface area contributed by atoms with Crippen molar-refractivity contribution < 1.29 is 4.74 Å². The van der Waals surface area contributed by atoms with Crippen molar-refractivity contribution in [2.75, 3.05) is 6.61 Å². The number of halogens is 1. The van der Waals surface area contributed by atoms with Crippen LogP contribution in [-0.2, 0) is 6.42 Å². The van der Waals surface area contributed by atoms with Gasteiger partial charge in [0.2, 0.25) is 0 Å². The third-order valence-electron chi connectivity index (χ3n) is 1.53. The number of hydrogen-bond donors (Lipinski definition) is 0. The Balaban J connectivity index is 0. The number of benzene rings is 1. The van der Waals surface area contributed by atoms with Gasteiger partial charge in [0.05, 0.1) is 6.61 Å². The Kier molecular flexibility index (Phi) is 10.7. The van der Waals surface area contributed by atoms with Gasteiger partial charge in [0.25, 0.3) is 0 Å². The maximum Gasteiger partial charge on any atom is 2.00 e. The molecule has 1 aromatic rings. The van der Waals surface area contributed by atoms with Crippen molar-refractivity contribution in [2.24, 2.45) is 0 Å². The summed E-state index contributed by atoms with van der Waals surface area (Å²) in [5.41, 5.74) is 1.29. The summed E-state index contributed by atoms with van der Waals surface area (Å²) in [5, 5.41) is 0. The molecule has 3 heteroatoms. The third-order valence-corrected chi connectivity index (χ3v) is 1.53. The predicted octanol–water partition coefficient (Wildman–Crippen LogP) is 2.46. The molecule has 0 saturated carbocycles. The summed E-state index contributed by atoms with van der Waals surface area (Å²) >= 11 is 0. The van der Waals surface area contributed by atoms with Gasteiger partial charge in [0, 0.05) is 5.75 Å². The van der Waals surface area contributed by atoms with E-state index in [1.807, 2.05) is 18.2 Å². The van der Waals surface area contributed by atoms with Gasteiger partial charge in [-0.05, 0) is 6.42 Å². The average molecular weight is 253 g/mol. The van der Waals surface area contributed by atoms with Crippen molar-refractivity contribution >= 4 is 40.0 Å². The minimum Gasteiger partial charge on any atom is -0.519 e. The fourth-order valence-electron chi connectivity index (χ4n) is 1.06. The Labute approximate surface area is 107 Å². The molecule has 68 valence electrons. The summed E-state index contributed by atoms with van der Waals surface area (Å²) in [6.07, 6.45) is 1.05. The van der Waals surface area contributed by atoms with Crippen LogP contribution in [0.5, 0.6) is 5.75 Å². The second kappa shape index (κ2) is 8.85. The van der Waals surface area contributed by atoms with Gasteiger partial charge in [-0.1, -0.05) is 0 Å². The maximum absolute atomic E-state index is 5.28. The first-order chi connectivity index (χ1) is 5.47. The molecule has 1 aliphatic heterocycles. The van der Waals surface area contributed by atoms with Crippen molar-refractivity contribution in [1.29, 1.82) is 0 Å². The Morgan fingerprint density at radius 1 is 1.46 bits per heavy atom. The first kappa shape index (κ1) is 15.7. The van der Waals surface area contributed by atoms with Crippen LogP contribution in [-0.4, -0.2) is 29.7 Å². The van der Waals surface area contributed by atoms with Gasteiger partial charge in [-0.25, -0.2) is 0 Å². The molecule has 0 atom stereocenters. The van der Waals surface area contributed by atoms with E-state index in [-0.39, 0.29) is 40.0 Å². The molecule has 1 heterocycles. The van der Waals surface area contributed by atoms with E-state index >= 15 is 0 Å². The van der Waals surface area contributed by atoms with E-state index in [0.717, 1.165) is 18.8 Å². The SMILES string of the molecule is Br.[CH2-]C.[Mg+2].[c-]1ccc2c(c1)CCO2. The summed E-state index contributed by atoms with van der Waals surface area (Å²) in [6, 6.07) is 8.84. The van der Waals surface area contributed by atoms with E-state index < -0.39 is 0 Å². The maximum atomic E-state index is 5.28. The zero-order valence-corrected chi connectivity index (χ0v) is 11.0. The first-order valence-electron chi connectivity index (χ1n) is 3.79. The molecule has 0 aromatic heterocycles. The Bertz CT molecular complexity index is 205. The standard InChI is InChI=1S/C8H7O.C2H5.BrH.Mg/c1-2-4-8-7(3-1)5-6-9-8;1-2;;/h2-4H,5-6H2;1H2,2H3;1H;/q2*-1;;+2. The largest absolute Gasteiger partial charge is 2.00 e. The quantitative estimate of drug-likeness (QED) is 0.510. The molecule has 2 rings (SSSR count). The van der Waals surface area contributed by atoms with Crippen LogP contribution >= 0.6 is 17.0 Å². The first-order valence-corrected chi connectivity index (χ1v) is 3.79. The van der Waals surface area contributed by atoms with Crippen LogP contribution in [0.4, 0.5) is 0 Å². The van der Waals surface area contributed by atoms with Crippen LogP contribution in [0.15, 0.2) is 18.2 Å². The molecule has 0 unspecified atom stereocenters. The molecule has 0 bridgehead atoms. The van der Waals surface area contributed by atoms with Crippen molar-refractivity contribution in [3.05, 3.63) is 36.8 Å². The topological polar surface area (TPSA) is 9.23 Å². The Morgan fingerprint density at radius 2 is 2.15 bits per heavy atom. The van der Waals surface area contributed by atoms with Crippen LogP contribution in [0.2, 0.25) is 0 Å². The van der Waals surface area contributed by atoms with E-state index in [1.54, 1.807) is 6.92 Å². The Morgan fingerprint density at radius 3 is 2.77 bits per heavy atom. The third kappa shape index (κ3) is 4.34. The number of rotatable bonds is 0. The second-order valence-electron chi connectivity index (χ2n) is 2.13. The number of fused-ring (bicyclic) bond motifs is 1. The predicted molar refractivity (Wildman–Crippen MR) is 61.6 cm³/mol. The van der Waals surface area contributed by atoms with Gasteiger partial charge in [-0.3, -0.25) is 0 Å². The average Bonchev–Trinajstić information content (AvgIpc) is 2.55. The van der Waals surface area contributed by atoms with Crippen molar-refractivity contribution in [3.8, 4) is 5.75 Å². The summed E-state index contributed by atoms with van der Waals surface area (Å²) in [7, 11) is 0. The van der Waals surface area contributed by atoms with Gasteiger partial charge < -0.3 is 11.7 Å². The van der Waals surface area contributed by atoms with Crippen LogP contribution in [0.25, 0.3) is 0 Å². The van der Waals surface area contributed by atoms with Crippen LogP contribution in [0, 0.1) is 13.0 Å². The molecule has 1 aromatic carbocycles. The van der Waals surface area contributed by atoms with E-state index in [4.69, 9.17) is 4.74 Å². The van der Waals surface area contributed by atoms with Crippen molar-refractivity contribution in [3.63, 3.8) is 0 Å². The number of hydrogen-bond acceptors (Lipinski definition) is 1. The summed E-state index contributed by atoms with van der Waals surface area (Å²) in [4.78, 5) is 0. The minimum atomic E-state index is 0. The monoisotopic (exact) mass is 252 g/mol. The zero-order chi connectivity index (χ0) is 8.10. The molecule has 0 aliphatic carbocycles. The smallest absolute Gasteiger partial charge is 0.519 e. The van der Waals surface area contributed by atoms with E-state index in [9.17, 15) is 0 Å². The van der Waals surface area contributed by atoms with Gasteiger partial charge in [-0.2, -0.15) is 25.1 Å². The summed E-state index contributed by atoms with van der Waals surface area (Å²) < 4.78 is 5.28. The molecule has 0 radical (unpaired) electrons. The summed E-state index contributed by atoms with van der Waals surface area (Å²) in [5.74, 6) is 1.04. The minimum absolute atomic E-state index is 0. The van der Waals surface area contributed by atoms with E-state index in [2.05, 4.69) is 13.0 Å². The van der Waals surface area contributed by atoms with Crippen LogP contribution in [0.1, 0.15) is 12.5 Å². The molecule has 0 saturated heterocycles. The van der Waals surface area contributed by atoms with Gasteiger partial charge in [-0.15, -0.1) is 28.6 Å². The fourth-order valence-corrected chi connectivity index (χ4v) is 1.06. The number of ether oxygens (including phenoxy) is 1. The van der Waals surface area contributed by atoms with E-state index in [0.29, 0.717) is 0 Å².